The summed E-state index contributed by atoms with van der Waals surface area (Å²) in [5, 5.41) is 3.35. The number of rotatable bonds is 3. The molecule has 1 amide bonds. The van der Waals surface area contributed by atoms with Crippen molar-refractivity contribution >= 4 is 23.2 Å². The fourth-order valence-corrected chi connectivity index (χ4v) is 2.39. The van der Waals surface area contributed by atoms with E-state index < -0.39 is 0 Å². The highest BCUT2D eigenvalue weighted by Crippen LogP contribution is 2.35. The molecule has 1 aliphatic heterocycles. The quantitative estimate of drug-likeness (QED) is 0.869. The van der Waals surface area contributed by atoms with E-state index in [4.69, 9.17) is 17.3 Å². The average molecular weight is 253 g/mol. The van der Waals surface area contributed by atoms with Gasteiger partial charge >= 0.3 is 0 Å². The number of hydrogen-bond acceptors (Lipinski definition) is 2. The van der Waals surface area contributed by atoms with Gasteiger partial charge in [0.05, 0.1) is 17.1 Å². The zero-order valence-corrected chi connectivity index (χ0v) is 10.8. The first-order chi connectivity index (χ1) is 8.02. The summed E-state index contributed by atoms with van der Waals surface area (Å²) in [6.45, 7) is 4.24. The molecule has 1 heterocycles. The number of halogens is 1. The van der Waals surface area contributed by atoms with Gasteiger partial charge in [0.1, 0.15) is 0 Å². The van der Waals surface area contributed by atoms with E-state index in [0.29, 0.717) is 17.4 Å². The van der Waals surface area contributed by atoms with Crippen molar-refractivity contribution in [3.8, 4) is 0 Å². The number of carbonyl (C=O) groups is 1. The monoisotopic (exact) mass is 252 g/mol. The smallest absolute Gasteiger partial charge is 0.228 e. The predicted octanol–water partition coefficient (Wildman–Crippen LogP) is 2.88. The second-order valence-corrected chi connectivity index (χ2v) is 5.08. The Balaban J connectivity index is 2.36. The molecule has 0 bridgehead atoms. The lowest BCUT2D eigenvalue weighted by atomic mass is 9.92. The van der Waals surface area contributed by atoms with Crippen LogP contribution in [0.5, 0.6) is 0 Å². The van der Waals surface area contributed by atoms with Crippen LogP contribution < -0.4 is 11.1 Å². The third-order valence-corrected chi connectivity index (χ3v) is 3.75. The summed E-state index contributed by atoms with van der Waals surface area (Å²) >= 11 is 6.16. The number of nitrogens with two attached hydrogens (primary N) is 1. The van der Waals surface area contributed by atoms with E-state index in [1.54, 1.807) is 0 Å². The van der Waals surface area contributed by atoms with Crippen molar-refractivity contribution in [3.05, 3.63) is 28.3 Å². The molecule has 4 heteroatoms. The summed E-state index contributed by atoms with van der Waals surface area (Å²) in [6.07, 6.45) is 1.42. The Hall–Kier alpha value is -1.06. The molecule has 2 rings (SSSR count). The Kier molecular flexibility index (Phi) is 3.40. The van der Waals surface area contributed by atoms with Crippen molar-refractivity contribution in [2.24, 2.45) is 11.7 Å². The third-order valence-electron chi connectivity index (χ3n) is 3.45. The van der Waals surface area contributed by atoms with Crippen LogP contribution in [0, 0.1) is 5.92 Å². The maximum atomic E-state index is 11.3. The first-order valence-electron chi connectivity index (χ1n) is 5.90. The number of hydrogen-bond donors (Lipinski definition) is 2. The molecule has 1 aromatic rings. The first kappa shape index (κ1) is 12.4. The molecule has 3 nitrogen and oxygen atoms in total. The number of amides is 1. The summed E-state index contributed by atoms with van der Waals surface area (Å²) in [4.78, 5) is 11.3. The van der Waals surface area contributed by atoms with Gasteiger partial charge in [0.2, 0.25) is 5.91 Å². The highest BCUT2D eigenvalue weighted by molar-refractivity contribution is 6.34. The summed E-state index contributed by atoms with van der Waals surface area (Å²) in [6, 6.07) is 3.83. The molecule has 3 N–H and O–H groups in total. The van der Waals surface area contributed by atoms with E-state index in [-0.39, 0.29) is 11.9 Å². The number of benzene rings is 1. The fourth-order valence-electron chi connectivity index (χ4n) is 2.10. The molecule has 17 heavy (non-hydrogen) atoms. The first-order valence-corrected chi connectivity index (χ1v) is 6.28. The minimum atomic E-state index is -0.0292. The molecule has 0 saturated carbocycles. The van der Waals surface area contributed by atoms with Crippen LogP contribution in [-0.2, 0) is 11.2 Å². The van der Waals surface area contributed by atoms with Crippen LogP contribution in [0.4, 0.5) is 5.69 Å². The van der Waals surface area contributed by atoms with Gasteiger partial charge in [-0.25, -0.2) is 0 Å². The number of anilines is 1. The summed E-state index contributed by atoms with van der Waals surface area (Å²) < 4.78 is 0. The van der Waals surface area contributed by atoms with Gasteiger partial charge in [0, 0.05) is 6.04 Å². The second kappa shape index (κ2) is 4.67. The molecular formula is C13H17ClN2O. The van der Waals surface area contributed by atoms with Crippen molar-refractivity contribution in [2.75, 3.05) is 5.32 Å². The Morgan fingerprint density at radius 1 is 1.53 bits per heavy atom. The van der Waals surface area contributed by atoms with E-state index in [0.717, 1.165) is 23.2 Å². The average Bonchev–Trinajstić information content (AvgIpc) is 2.68. The van der Waals surface area contributed by atoms with Gasteiger partial charge < -0.3 is 11.1 Å². The van der Waals surface area contributed by atoms with Gasteiger partial charge in [-0.2, -0.15) is 0 Å². The van der Waals surface area contributed by atoms with E-state index in [2.05, 4.69) is 19.2 Å². The van der Waals surface area contributed by atoms with Crippen LogP contribution in [0.15, 0.2) is 12.1 Å². The molecular weight excluding hydrogens is 236 g/mol. The predicted molar refractivity (Wildman–Crippen MR) is 70.2 cm³/mol. The molecule has 0 radical (unpaired) electrons. The third kappa shape index (κ3) is 2.31. The molecule has 2 atom stereocenters. The molecule has 2 unspecified atom stereocenters. The van der Waals surface area contributed by atoms with Crippen LogP contribution in [0.25, 0.3) is 0 Å². The van der Waals surface area contributed by atoms with Gasteiger partial charge in [-0.1, -0.05) is 37.9 Å². The van der Waals surface area contributed by atoms with Crippen LogP contribution in [0.3, 0.4) is 0 Å². The molecule has 0 fully saturated rings. The molecule has 0 saturated heterocycles. The maximum Gasteiger partial charge on any atom is 0.228 e. The van der Waals surface area contributed by atoms with Crippen molar-refractivity contribution in [1.29, 1.82) is 0 Å². The van der Waals surface area contributed by atoms with Crippen molar-refractivity contribution < 1.29 is 4.79 Å². The normalized spacial score (nSPS) is 17.5. The Bertz CT molecular complexity index is 459. The molecule has 0 spiro atoms. The largest absolute Gasteiger partial charge is 0.324 e. The van der Waals surface area contributed by atoms with Gasteiger partial charge in [0.15, 0.2) is 0 Å². The number of carbonyl (C=O) groups excluding carboxylic acids is 1. The van der Waals surface area contributed by atoms with Crippen LogP contribution in [0.2, 0.25) is 5.02 Å². The van der Waals surface area contributed by atoms with E-state index in [9.17, 15) is 4.79 Å². The Morgan fingerprint density at radius 2 is 2.24 bits per heavy atom. The topological polar surface area (TPSA) is 55.1 Å². The molecule has 0 aliphatic carbocycles. The van der Waals surface area contributed by atoms with Gasteiger partial charge in [-0.05, 0) is 23.1 Å². The Morgan fingerprint density at radius 3 is 2.88 bits per heavy atom. The van der Waals surface area contributed by atoms with Crippen LogP contribution >= 0.6 is 11.6 Å². The van der Waals surface area contributed by atoms with Gasteiger partial charge in [0.25, 0.3) is 0 Å². The van der Waals surface area contributed by atoms with Crippen LogP contribution in [0.1, 0.15) is 37.4 Å². The van der Waals surface area contributed by atoms with E-state index >= 15 is 0 Å². The summed E-state index contributed by atoms with van der Waals surface area (Å²) in [5.41, 5.74) is 8.90. The van der Waals surface area contributed by atoms with E-state index in [1.807, 2.05) is 12.1 Å². The minimum Gasteiger partial charge on any atom is -0.324 e. The van der Waals surface area contributed by atoms with E-state index in [1.165, 1.54) is 0 Å². The molecule has 92 valence electrons. The molecule has 0 aromatic heterocycles. The fraction of sp³-hybridized carbons (Fsp3) is 0.462. The highest BCUT2D eigenvalue weighted by atomic mass is 35.5. The molecule has 1 aliphatic rings. The lowest BCUT2D eigenvalue weighted by Gasteiger charge is -2.20. The lowest BCUT2D eigenvalue weighted by molar-refractivity contribution is -0.115. The van der Waals surface area contributed by atoms with Crippen molar-refractivity contribution in [1.82, 2.24) is 0 Å². The zero-order valence-electron chi connectivity index (χ0n) is 10.1. The SMILES string of the molecule is CCC(C)C(N)c1cc(Cl)c2c(c1)CC(=O)N2. The van der Waals surface area contributed by atoms with Gasteiger partial charge in [-0.15, -0.1) is 0 Å². The second-order valence-electron chi connectivity index (χ2n) is 4.67. The molecule has 1 aromatic carbocycles. The maximum absolute atomic E-state index is 11.3. The lowest BCUT2D eigenvalue weighted by Crippen LogP contribution is -2.18. The highest BCUT2D eigenvalue weighted by Gasteiger charge is 2.23. The summed E-state index contributed by atoms with van der Waals surface area (Å²) in [5.74, 6) is 0.394. The summed E-state index contributed by atoms with van der Waals surface area (Å²) in [7, 11) is 0. The van der Waals surface area contributed by atoms with Gasteiger partial charge in [-0.3, -0.25) is 4.79 Å². The standard InChI is InChI=1S/C13H17ClN2O/c1-3-7(2)12(15)8-4-9-6-11(17)16-13(9)10(14)5-8/h4-5,7,12H,3,6,15H2,1-2H3,(H,16,17). The minimum absolute atomic E-state index is 0.00355. The van der Waals surface area contributed by atoms with Crippen LogP contribution in [-0.4, -0.2) is 5.91 Å². The zero-order chi connectivity index (χ0) is 12.6. The van der Waals surface area contributed by atoms with Crippen molar-refractivity contribution in [3.63, 3.8) is 0 Å². The number of nitrogens with one attached hydrogen (secondary N) is 1. The number of fused-ring (bicyclic) bond motifs is 1. The van der Waals surface area contributed by atoms with Crippen molar-refractivity contribution in [2.45, 2.75) is 32.7 Å². The Labute approximate surface area is 106 Å².